The third-order valence-electron chi connectivity index (χ3n) is 4.71. The molecule has 1 aromatic carbocycles. The maximum Gasteiger partial charge on any atom is 0.133 e. The molecule has 0 saturated heterocycles. The molecule has 1 saturated carbocycles. The summed E-state index contributed by atoms with van der Waals surface area (Å²) in [6, 6.07) is 7.58. The van der Waals surface area contributed by atoms with E-state index >= 15 is 0 Å². The van der Waals surface area contributed by atoms with E-state index in [-0.39, 0.29) is 23.4 Å². The molecule has 0 aromatic heterocycles. The Morgan fingerprint density at radius 2 is 1.90 bits per heavy atom. The largest absolute Gasteiger partial charge is 0.388 e. The van der Waals surface area contributed by atoms with Crippen LogP contribution in [0.4, 0.5) is 0 Å². The number of Topliss-reactive ketones (excluding diaryl/α,β-unsaturated/α-hetero) is 1. The first-order valence-electron chi connectivity index (χ1n) is 7.56. The van der Waals surface area contributed by atoms with Crippen molar-refractivity contribution in [2.45, 2.75) is 50.5 Å². The first-order chi connectivity index (χ1) is 9.86. The van der Waals surface area contributed by atoms with Crippen molar-refractivity contribution in [2.24, 2.45) is 11.8 Å². The van der Waals surface area contributed by atoms with Crippen LogP contribution in [0.3, 0.4) is 0 Å². The minimum absolute atomic E-state index is 0.0943. The Morgan fingerprint density at radius 1 is 1.29 bits per heavy atom. The molecule has 3 nitrogen and oxygen atoms in total. The predicted octanol–water partition coefficient (Wildman–Crippen LogP) is 2.86. The number of ketones is 1. The Balaban J connectivity index is 2.20. The van der Waals surface area contributed by atoms with Crippen molar-refractivity contribution in [1.82, 2.24) is 0 Å². The van der Waals surface area contributed by atoms with Gasteiger partial charge in [0.15, 0.2) is 0 Å². The van der Waals surface area contributed by atoms with Gasteiger partial charge in [-0.3, -0.25) is 9.00 Å². The van der Waals surface area contributed by atoms with Gasteiger partial charge in [0.25, 0.3) is 0 Å². The lowest BCUT2D eigenvalue weighted by molar-refractivity contribution is -0.136. The minimum atomic E-state index is -1.24. The van der Waals surface area contributed by atoms with Crippen molar-refractivity contribution < 1.29 is 14.1 Å². The van der Waals surface area contributed by atoms with Gasteiger partial charge in [-0.15, -0.1) is 0 Å². The second kappa shape index (κ2) is 6.41. The summed E-state index contributed by atoms with van der Waals surface area (Å²) in [4.78, 5) is 12.5. The summed E-state index contributed by atoms with van der Waals surface area (Å²) < 4.78 is 12.6. The van der Waals surface area contributed by atoms with E-state index in [0.29, 0.717) is 12.8 Å². The third kappa shape index (κ3) is 3.43. The highest BCUT2D eigenvalue weighted by atomic mass is 32.2. The van der Waals surface area contributed by atoms with E-state index in [1.54, 1.807) is 0 Å². The molecule has 1 aromatic rings. The second-order valence-electron chi connectivity index (χ2n) is 6.25. The molecule has 0 aliphatic heterocycles. The second-order valence-corrected chi connectivity index (χ2v) is 7.70. The number of carbonyl (C=O) groups excluding carboxylic acids is 1. The quantitative estimate of drug-likeness (QED) is 0.930. The number of benzene rings is 1. The van der Waals surface area contributed by atoms with E-state index in [4.69, 9.17) is 0 Å². The third-order valence-corrected chi connectivity index (χ3v) is 6.23. The van der Waals surface area contributed by atoms with Crippen LogP contribution < -0.4 is 0 Å². The van der Waals surface area contributed by atoms with Crippen LogP contribution in [-0.4, -0.2) is 26.5 Å². The summed E-state index contributed by atoms with van der Waals surface area (Å²) in [5.41, 5.74) is 0.107. The van der Waals surface area contributed by atoms with Gasteiger partial charge in [-0.1, -0.05) is 38.0 Å². The highest BCUT2D eigenvalue weighted by Gasteiger charge is 2.47. The van der Waals surface area contributed by atoms with Gasteiger partial charge in [0.2, 0.25) is 0 Å². The smallest absolute Gasteiger partial charge is 0.133 e. The number of carbonyl (C=O) groups is 1. The van der Waals surface area contributed by atoms with Crippen LogP contribution in [0.25, 0.3) is 0 Å². The fraction of sp³-hybridized carbons (Fsp3) is 0.588. The van der Waals surface area contributed by atoms with Crippen LogP contribution in [0.2, 0.25) is 0 Å². The number of aliphatic hydroxyl groups is 1. The van der Waals surface area contributed by atoms with Gasteiger partial charge in [0, 0.05) is 17.7 Å². The van der Waals surface area contributed by atoms with E-state index in [1.165, 1.54) is 0 Å². The maximum atomic E-state index is 12.6. The zero-order chi connectivity index (χ0) is 15.6. The summed E-state index contributed by atoms with van der Waals surface area (Å²) in [5, 5.41) is 11.1. The van der Waals surface area contributed by atoms with Crippen LogP contribution in [0.1, 0.15) is 38.7 Å². The minimum Gasteiger partial charge on any atom is -0.388 e. The van der Waals surface area contributed by atoms with Crippen molar-refractivity contribution in [1.29, 1.82) is 0 Å². The lowest BCUT2D eigenvalue weighted by Gasteiger charge is -2.43. The topological polar surface area (TPSA) is 54.4 Å². The summed E-state index contributed by atoms with van der Waals surface area (Å²) >= 11 is 0. The Hall–Kier alpha value is -1.00. The molecule has 1 unspecified atom stereocenters. The molecule has 1 fully saturated rings. The van der Waals surface area contributed by atoms with Crippen LogP contribution in [0.15, 0.2) is 29.2 Å². The summed E-state index contributed by atoms with van der Waals surface area (Å²) in [6.45, 7) is 5.87. The number of hydrogen-bond acceptors (Lipinski definition) is 3. The molecule has 0 heterocycles. The first-order valence-corrected chi connectivity index (χ1v) is 8.87. The van der Waals surface area contributed by atoms with Crippen molar-refractivity contribution in [3.05, 3.63) is 29.8 Å². The van der Waals surface area contributed by atoms with E-state index in [9.17, 15) is 14.1 Å². The zero-order valence-corrected chi connectivity index (χ0v) is 13.8. The molecule has 1 aliphatic rings. The highest BCUT2D eigenvalue weighted by molar-refractivity contribution is 7.85. The van der Waals surface area contributed by atoms with Crippen LogP contribution in [0.5, 0.6) is 0 Å². The van der Waals surface area contributed by atoms with Gasteiger partial charge in [0.05, 0.1) is 22.2 Å². The van der Waals surface area contributed by atoms with Gasteiger partial charge in [0.1, 0.15) is 5.78 Å². The fourth-order valence-electron chi connectivity index (χ4n) is 3.20. The van der Waals surface area contributed by atoms with Crippen LogP contribution in [-0.2, 0) is 15.6 Å². The monoisotopic (exact) mass is 308 g/mol. The highest BCUT2D eigenvalue weighted by Crippen LogP contribution is 2.39. The average Bonchev–Trinajstić information content (AvgIpc) is 2.43. The standard InChI is InChI=1S/C17H24O3S/c1-4-14-10-15(18)9-13(3)17(14,19)11-21(20)16-7-5-12(2)6-8-16/h5-8,13-14,19H,4,9-11H2,1-3H3/t13-,14+,17-,21?/m0/s1. The molecular formula is C17H24O3S. The Kier molecular flexibility index (Phi) is 4.99. The van der Waals surface area contributed by atoms with Crippen LogP contribution in [0, 0.1) is 18.8 Å². The van der Waals surface area contributed by atoms with Gasteiger partial charge in [-0.2, -0.15) is 0 Å². The SMILES string of the molecule is CC[C@@H]1CC(=O)C[C@H](C)[C@@]1(O)CS(=O)c1ccc(C)cc1. The number of hydrogen-bond donors (Lipinski definition) is 1. The Bertz CT molecular complexity index is 537. The maximum absolute atomic E-state index is 12.6. The van der Waals surface area contributed by atoms with Crippen LogP contribution >= 0.6 is 0 Å². The van der Waals surface area contributed by atoms with E-state index in [2.05, 4.69) is 0 Å². The van der Waals surface area contributed by atoms with Gasteiger partial charge < -0.3 is 5.11 Å². The summed E-state index contributed by atoms with van der Waals surface area (Å²) in [7, 11) is -1.24. The fourth-order valence-corrected chi connectivity index (χ4v) is 4.74. The first kappa shape index (κ1) is 16.4. The lowest BCUT2D eigenvalue weighted by Crippen LogP contribution is -2.52. The predicted molar refractivity (Wildman–Crippen MR) is 84.6 cm³/mol. The molecule has 0 spiro atoms. The average molecular weight is 308 g/mol. The normalized spacial score (nSPS) is 31.1. The zero-order valence-electron chi connectivity index (χ0n) is 13.0. The van der Waals surface area contributed by atoms with E-state index < -0.39 is 16.4 Å². The Morgan fingerprint density at radius 3 is 2.48 bits per heavy atom. The van der Waals surface area contributed by atoms with Crippen molar-refractivity contribution in [3.63, 3.8) is 0 Å². The molecule has 21 heavy (non-hydrogen) atoms. The molecule has 0 amide bonds. The molecule has 0 bridgehead atoms. The van der Waals surface area contributed by atoms with E-state index in [1.807, 2.05) is 45.0 Å². The molecule has 1 aliphatic carbocycles. The molecule has 0 radical (unpaired) electrons. The summed E-state index contributed by atoms with van der Waals surface area (Å²) in [5.74, 6) is 0.185. The molecule has 1 N–H and O–H groups in total. The molecule has 4 atom stereocenters. The molecular weight excluding hydrogens is 284 g/mol. The van der Waals surface area contributed by atoms with E-state index in [0.717, 1.165) is 16.9 Å². The molecule has 2 rings (SSSR count). The van der Waals surface area contributed by atoms with Crippen molar-refractivity contribution >= 4 is 16.6 Å². The van der Waals surface area contributed by atoms with Gasteiger partial charge in [-0.05, 0) is 30.9 Å². The van der Waals surface area contributed by atoms with Gasteiger partial charge in [-0.25, -0.2) is 0 Å². The number of aryl methyl sites for hydroxylation is 1. The number of rotatable bonds is 4. The Labute approximate surface area is 129 Å². The van der Waals surface area contributed by atoms with Crippen molar-refractivity contribution in [2.75, 3.05) is 5.75 Å². The summed E-state index contributed by atoms with van der Waals surface area (Å²) in [6.07, 6.45) is 1.53. The van der Waals surface area contributed by atoms with Gasteiger partial charge >= 0.3 is 0 Å². The van der Waals surface area contributed by atoms with Crippen molar-refractivity contribution in [3.8, 4) is 0 Å². The molecule has 116 valence electrons. The lowest BCUT2D eigenvalue weighted by atomic mass is 9.68. The molecule has 4 heteroatoms.